The molecule has 0 saturated carbocycles. The van der Waals surface area contributed by atoms with Gasteiger partial charge in [-0.1, -0.05) is 19.9 Å². The standard InChI is InChI=1S/C9H10FIO/c1-5(2)6-3-4-7(11)9(12)8(6)10/h3-5,12H,1-2H3. The van der Waals surface area contributed by atoms with E-state index in [1.54, 1.807) is 12.1 Å². The van der Waals surface area contributed by atoms with Crippen LogP contribution < -0.4 is 0 Å². The van der Waals surface area contributed by atoms with E-state index in [9.17, 15) is 9.50 Å². The van der Waals surface area contributed by atoms with E-state index in [2.05, 4.69) is 0 Å². The molecule has 1 aromatic rings. The molecule has 0 aliphatic carbocycles. The van der Waals surface area contributed by atoms with E-state index in [0.29, 0.717) is 9.13 Å². The van der Waals surface area contributed by atoms with E-state index in [1.807, 2.05) is 36.4 Å². The van der Waals surface area contributed by atoms with Gasteiger partial charge in [-0.15, -0.1) is 0 Å². The molecule has 12 heavy (non-hydrogen) atoms. The van der Waals surface area contributed by atoms with Crippen molar-refractivity contribution in [1.29, 1.82) is 0 Å². The van der Waals surface area contributed by atoms with Crippen molar-refractivity contribution in [2.75, 3.05) is 0 Å². The second kappa shape index (κ2) is 3.60. The summed E-state index contributed by atoms with van der Waals surface area (Å²) in [7, 11) is 0. The molecule has 0 unspecified atom stereocenters. The van der Waals surface area contributed by atoms with E-state index in [1.165, 1.54) is 0 Å². The van der Waals surface area contributed by atoms with Gasteiger partial charge in [0.2, 0.25) is 0 Å². The minimum absolute atomic E-state index is 0.105. The fourth-order valence-electron chi connectivity index (χ4n) is 1.00. The minimum atomic E-state index is -0.489. The highest BCUT2D eigenvalue weighted by Gasteiger charge is 2.12. The third-order valence-corrected chi connectivity index (χ3v) is 2.59. The van der Waals surface area contributed by atoms with Crippen molar-refractivity contribution in [2.24, 2.45) is 0 Å². The number of aromatic hydroxyl groups is 1. The topological polar surface area (TPSA) is 20.2 Å². The summed E-state index contributed by atoms with van der Waals surface area (Å²) in [6.45, 7) is 3.79. The monoisotopic (exact) mass is 280 g/mol. The Morgan fingerprint density at radius 3 is 2.50 bits per heavy atom. The summed E-state index contributed by atoms with van der Waals surface area (Å²) in [4.78, 5) is 0. The molecular weight excluding hydrogens is 270 g/mol. The highest BCUT2D eigenvalue weighted by atomic mass is 127. The Bertz CT molecular complexity index is 297. The number of halogens is 2. The van der Waals surface area contributed by atoms with Crippen LogP contribution in [-0.4, -0.2) is 5.11 Å². The van der Waals surface area contributed by atoms with Crippen LogP contribution in [0.2, 0.25) is 0 Å². The van der Waals surface area contributed by atoms with Gasteiger partial charge in [0, 0.05) is 0 Å². The van der Waals surface area contributed by atoms with Crippen molar-refractivity contribution in [3.8, 4) is 5.75 Å². The zero-order valence-corrected chi connectivity index (χ0v) is 9.09. The Kier molecular flexibility index (Phi) is 2.93. The molecule has 0 aliphatic heterocycles. The van der Waals surface area contributed by atoms with E-state index in [0.717, 1.165) is 0 Å². The SMILES string of the molecule is CC(C)c1ccc(I)c(O)c1F. The normalized spacial score (nSPS) is 10.8. The third kappa shape index (κ3) is 1.71. The zero-order chi connectivity index (χ0) is 9.30. The number of phenolic OH excluding ortho intramolecular Hbond substituents is 1. The highest BCUT2D eigenvalue weighted by Crippen LogP contribution is 2.29. The molecule has 0 aromatic heterocycles. The number of phenols is 1. The summed E-state index contributed by atoms with van der Waals surface area (Å²) < 4.78 is 13.8. The molecule has 0 spiro atoms. The van der Waals surface area contributed by atoms with Gasteiger partial charge in [-0.3, -0.25) is 0 Å². The average molecular weight is 280 g/mol. The lowest BCUT2D eigenvalue weighted by Gasteiger charge is -2.08. The van der Waals surface area contributed by atoms with Gasteiger partial charge in [-0.05, 0) is 40.1 Å². The van der Waals surface area contributed by atoms with Gasteiger partial charge in [0.05, 0.1) is 3.57 Å². The number of hydrogen-bond donors (Lipinski definition) is 1. The predicted molar refractivity (Wildman–Crippen MR) is 54.9 cm³/mol. The van der Waals surface area contributed by atoms with Gasteiger partial charge >= 0.3 is 0 Å². The molecule has 0 fully saturated rings. The Morgan fingerprint density at radius 2 is 2.00 bits per heavy atom. The van der Waals surface area contributed by atoms with Gasteiger partial charge in [0.1, 0.15) is 0 Å². The third-order valence-electron chi connectivity index (χ3n) is 1.72. The van der Waals surface area contributed by atoms with Crippen molar-refractivity contribution in [2.45, 2.75) is 19.8 Å². The molecule has 1 N–H and O–H groups in total. The number of hydrogen-bond acceptors (Lipinski definition) is 1. The van der Waals surface area contributed by atoms with E-state index >= 15 is 0 Å². The predicted octanol–water partition coefficient (Wildman–Crippen LogP) is 3.26. The smallest absolute Gasteiger partial charge is 0.169 e. The Labute approximate surface area is 84.7 Å². The zero-order valence-electron chi connectivity index (χ0n) is 6.94. The summed E-state index contributed by atoms with van der Waals surface area (Å²) in [6.07, 6.45) is 0. The fraction of sp³-hybridized carbons (Fsp3) is 0.333. The van der Waals surface area contributed by atoms with Crippen LogP contribution in [0, 0.1) is 9.39 Å². The van der Waals surface area contributed by atoms with Crippen molar-refractivity contribution in [3.63, 3.8) is 0 Å². The fourth-order valence-corrected chi connectivity index (χ4v) is 1.42. The van der Waals surface area contributed by atoms with E-state index in [4.69, 9.17) is 0 Å². The largest absolute Gasteiger partial charge is 0.504 e. The molecule has 0 aliphatic rings. The molecule has 0 amide bonds. The summed E-state index contributed by atoms with van der Waals surface area (Å²) in [5.74, 6) is -0.619. The lowest BCUT2D eigenvalue weighted by molar-refractivity contribution is 0.423. The first-order valence-electron chi connectivity index (χ1n) is 3.71. The van der Waals surface area contributed by atoms with E-state index < -0.39 is 5.82 Å². The Balaban J connectivity index is 3.27. The quantitative estimate of drug-likeness (QED) is 0.783. The molecule has 0 bridgehead atoms. The first kappa shape index (κ1) is 9.77. The van der Waals surface area contributed by atoms with Gasteiger partial charge in [-0.2, -0.15) is 0 Å². The molecule has 0 radical (unpaired) electrons. The summed E-state index contributed by atoms with van der Waals surface area (Å²) in [6, 6.07) is 3.43. The van der Waals surface area contributed by atoms with Crippen LogP contribution in [0.1, 0.15) is 25.3 Å². The maximum Gasteiger partial charge on any atom is 0.169 e. The van der Waals surface area contributed by atoms with Crippen LogP contribution in [0.15, 0.2) is 12.1 Å². The van der Waals surface area contributed by atoms with Crippen LogP contribution in [0.4, 0.5) is 4.39 Å². The van der Waals surface area contributed by atoms with E-state index in [-0.39, 0.29) is 11.7 Å². The maximum absolute atomic E-state index is 13.3. The first-order chi connectivity index (χ1) is 5.54. The van der Waals surface area contributed by atoms with Gasteiger partial charge in [0.25, 0.3) is 0 Å². The number of benzene rings is 1. The highest BCUT2D eigenvalue weighted by molar-refractivity contribution is 14.1. The Morgan fingerprint density at radius 1 is 1.42 bits per heavy atom. The molecule has 1 nitrogen and oxygen atoms in total. The second-order valence-corrected chi connectivity index (χ2v) is 4.12. The van der Waals surface area contributed by atoms with Gasteiger partial charge in [-0.25, -0.2) is 4.39 Å². The summed E-state index contributed by atoms with van der Waals surface area (Å²) in [5, 5.41) is 9.25. The summed E-state index contributed by atoms with van der Waals surface area (Å²) in [5.41, 5.74) is 0.563. The molecule has 1 aromatic carbocycles. The van der Waals surface area contributed by atoms with Crippen molar-refractivity contribution < 1.29 is 9.50 Å². The van der Waals surface area contributed by atoms with Crippen LogP contribution in [0.3, 0.4) is 0 Å². The van der Waals surface area contributed by atoms with Gasteiger partial charge < -0.3 is 5.11 Å². The van der Waals surface area contributed by atoms with Crippen molar-refractivity contribution in [1.82, 2.24) is 0 Å². The van der Waals surface area contributed by atoms with Gasteiger partial charge in [0.15, 0.2) is 11.6 Å². The molecule has 1 rings (SSSR count). The molecule has 3 heteroatoms. The van der Waals surface area contributed by atoms with Crippen LogP contribution in [0.25, 0.3) is 0 Å². The lowest BCUT2D eigenvalue weighted by Crippen LogP contribution is -1.94. The second-order valence-electron chi connectivity index (χ2n) is 2.95. The van der Waals surface area contributed by atoms with Crippen LogP contribution in [-0.2, 0) is 0 Å². The first-order valence-corrected chi connectivity index (χ1v) is 4.78. The van der Waals surface area contributed by atoms with Crippen molar-refractivity contribution in [3.05, 3.63) is 27.1 Å². The van der Waals surface area contributed by atoms with Crippen LogP contribution >= 0.6 is 22.6 Å². The molecule has 66 valence electrons. The molecule has 0 heterocycles. The molecule has 0 saturated heterocycles. The lowest BCUT2D eigenvalue weighted by atomic mass is 10.0. The summed E-state index contributed by atoms with van der Waals surface area (Å²) >= 11 is 1.90. The maximum atomic E-state index is 13.3. The molecular formula is C9H10FIO. The number of rotatable bonds is 1. The van der Waals surface area contributed by atoms with Crippen LogP contribution in [0.5, 0.6) is 5.75 Å². The Hall–Kier alpha value is -0.320. The van der Waals surface area contributed by atoms with Crippen molar-refractivity contribution >= 4 is 22.6 Å². The average Bonchev–Trinajstić information content (AvgIpc) is 2.00. The molecule has 0 atom stereocenters. The minimum Gasteiger partial charge on any atom is -0.504 e.